The normalized spacial score (nSPS) is 16.0. The molecule has 12 heteroatoms. The van der Waals surface area contributed by atoms with Crippen molar-refractivity contribution in [2.45, 2.75) is 19.5 Å². The molecule has 1 aromatic carbocycles. The van der Waals surface area contributed by atoms with Gasteiger partial charge in [0.2, 0.25) is 16.0 Å². The molecule has 0 unspecified atom stereocenters. The third-order valence-corrected chi connectivity index (χ3v) is 7.82. The van der Waals surface area contributed by atoms with Crippen LogP contribution in [0.25, 0.3) is 11.0 Å². The van der Waals surface area contributed by atoms with Gasteiger partial charge in [0.1, 0.15) is 17.2 Å². The molecule has 0 radical (unpaired) electrons. The minimum absolute atomic E-state index is 0.335. The molecule has 1 atom stereocenters. The Morgan fingerprint density at radius 2 is 1.97 bits per heavy atom. The van der Waals surface area contributed by atoms with Gasteiger partial charge < -0.3 is 24.8 Å². The number of anilines is 4. The van der Waals surface area contributed by atoms with E-state index in [1.807, 2.05) is 29.0 Å². The van der Waals surface area contributed by atoms with Gasteiger partial charge in [0, 0.05) is 67.4 Å². The van der Waals surface area contributed by atoms with Crippen LogP contribution in [0.1, 0.15) is 12.5 Å². The average Bonchev–Trinajstić information content (AvgIpc) is 3.30. The molecule has 4 aromatic rings. The second-order valence-corrected chi connectivity index (χ2v) is 11.5. The molecule has 0 aliphatic carbocycles. The number of hydrogen-bond donors (Lipinski definition) is 2. The third-order valence-electron chi connectivity index (χ3n) is 6.65. The number of hydrogen-bond acceptors (Lipinski definition) is 9. The van der Waals surface area contributed by atoms with Gasteiger partial charge >= 0.3 is 0 Å². The molecule has 0 amide bonds. The number of sulfonamides is 1. The zero-order valence-electron chi connectivity index (χ0n) is 21.9. The number of benzene rings is 1. The van der Waals surface area contributed by atoms with Crippen molar-refractivity contribution < 1.29 is 13.2 Å². The monoisotopic (exact) mass is 536 g/mol. The molecule has 1 aliphatic rings. The first-order valence-corrected chi connectivity index (χ1v) is 14.2. The summed E-state index contributed by atoms with van der Waals surface area (Å²) >= 11 is 0. The Morgan fingerprint density at radius 3 is 2.68 bits per heavy atom. The van der Waals surface area contributed by atoms with Crippen molar-refractivity contribution in [1.82, 2.24) is 24.8 Å². The van der Waals surface area contributed by atoms with E-state index < -0.39 is 10.0 Å². The predicted octanol–water partition coefficient (Wildman–Crippen LogP) is 2.82. The molecule has 1 fully saturated rings. The van der Waals surface area contributed by atoms with Crippen LogP contribution in [-0.2, 0) is 16.6 Å². The van der Waals surface area contributed by atoms with Crippen LogP contribution in [-0.4, -0.2) is 74.0 Å². The maximum atomic E-state index is 12.2. The van der Waals surface area contributed by atoms with E-state index in [0.29, 0.717) is 41.3 Å². The number of ether oxygens (including phenoxy) is 1. The zero-order chi connectivity index (χ0) is 26.9. The van der Waals surface area contributed by atoms with Gasteiger partial charge in [-0.25, -0.2) is 18.4 Å². The van der Waals surface area contributed by atoms with Crippen LogP contribution < -0.4 is 24.6 Å². The van der Waals surface area contributed by atoms with Crippen LogP contribution in [0.2, 0.25) is 0 Å². The molecule has 0 bridgehead atoms. The fourth-order valence-corrected chi connectivity index (χ4v) is 5.02. The number of piperazine rings is 1. The summed E-state index contributed by atoms with van der Waals surface area (Å²) in [5.41, 5.74) is 3.48. The highest BCUT2D eigenvalue weighted by Crippen LogP contribution is 2.27. The summed E-state index contributed by atoms with van der Waals surface area (Å²) in [5.74, 6) is 1.34. The van der Waals surface area contributed by atoms with Crippen molar-refractivity contribution in [3.8, 4) is 5.75 Å². The van der Waals surface area contributed by atoms with Crippen molar-refractivity contribution in [3.05, 3.63) is 60.6 Å². The first-order chi connectivity index (χ1) is 18.2. The van der Waals surface area contributed by atoms with E-state index >= 15 is 0 Å². The van der Waals surface area contributed by atoms with Gasteiger partial charge in [0.25, 0.3) is 0 Å². The molecule has 200 valence electrons. The highest BCUT2D eigenvalue weighted by molar-refractivity contribution is 7.92. The summed E-state index contributed by atoms with van der Waals surface area (Å²) in [5, 5.41) is 7.63. The molecule has 0 spiro atoms. The largest absolute Gasteiger partial charge is 0.495 e. The number of rotatable bonds is 8. The van der Waals surface area contributed by atoms with Crippen LogP contribution in [0.4, 0.5) is 23.1 Å². The highest BCUT2D eigenvalue weighted by Gasteiger charge is 2.20. The second-order valence-electron chi connectivity index (χ2n) is 9.48. The van der Waals surface area contributed by atoms with Crippen molar-refractivity contribution >= 4 is 44.2 Å². The van der Waals surface area contributed by atoms with Gasteiger partial charge in [-0.2, -0.15) is 4.98 Å². The molecule has 3 aromatic heterocycles. The molecule has 5 rings (SSSR count). The van der Waals surface area contributed by atoms with Gasteiger partial charge in [-0.1, -0.05) is 0 Å². The van der Waals surface area contributed by atoms with Crippen LogP contribution in [0.3, 0.4) is 0 Å². The fourth-order valence-electron chi connectivity index (χ4n) is 4.54. The Labute approximate surface area is 222 Å². The third kappa shape index (κ3) is 5.50. The van der Waals surface area contributed by atoms with Crippen LogP contribution >= 0.6 is 0 Å². The number of nitrogens with one attached hydrogen (secondary N) is 2. The SMILES string of the molecule is COc1cnc(N(C)S(C)(=O)=O)c(Cn2ccc3cnc(Nc4ccc(N5CCN[C@@H](C)C5)cc4)nc32)c1. The Bertz CT molecular complexity index is 1540. The number of aromatic nitrogens is 4. The molecule has 2 N–H and O–H groups in total. The smallest absolute Gasteiger partial charge is 0.233 e. The standard InChI is InChI=1S/C26H32N8O3S/c1-18-16-33(12-10-27-18)22-7-5-21(6-8-22)30-26-29-14-19-9-11-34(25(19)31-26)17-20-13-23(37-3)15-28-24(20)32(2)38(4,35)36/h5-9,11,13-15,18,27H,10,12,16-17H2,1-4H3,(H,29,30,31)/t18-/m0/s1. The van der Waals surface area contributed by atoms with Crippen LogP contribution in [0.5, 0.6) is 5.75 Å². The van der Waals surface area contributed by atoms with E-state index in [-0.39, 0.29) is 0 Å². The summed E-state index contributed by atoms with van der Waals surface area (Å²) in [4.78, 5) is 16.0. The summed E-state index contributed by atoms with van der Waals surface area (Å²) < 4.78 is 32.9. The first-order valence-electron chi connectivity index (χ1n) is 12.4. The Balaban J connectivity index is 1.39. The molecule has 4 heterocycles. The molecule has 38 heavy (non-hydrogen) atoms. The van der Waals surface area contributed by atoms with E-state index in [1.54, 1.807) is 19.4 Å². The maximum Gasteiger partial charge on any atom is 0.233 e. The molecular formula is C26H32N8O3S. The lowest BCUT2D eigenvalue weighted by atomic mass is 10.2. The van der Waals surface area contributed by atoms with E-state index in [2.05, 4.69) is 44.6 Å². The van der Waals surface area contributed by atoms with E-state index in [4.69, 9.17) is 9.72 Å². The lowest BCUT2D eigenvalue weighted by Crippen LogP contribution is -2.49. The quantitative estimate of drug-likeness (QED) is 0.350. The van der Waals surface area contributed by atoms with Gasteiger partial charge in [-0.15, -0.1) is 0 Å². The maximum absolute atomic E-state index is 12.2. The lowest BCUT2D eigenvalue weighted by molar-refractivity contribution is 0.412. The predicted molar refractivity (Wildman–Crippen MR) is 150 cm³/mol. The number of fused-ring (bicyclic) bond motifs is 1. The Kier molecular flexibility index (Phi) is 7.09. The van der Waals surface area contributed by atoms with Gasteiger partial charge in [-0.3, -0.25) is 4.31 Å². The minimum atomic E-state index is -3.49. The van der Waals surface area contributed by atoms with Gasteiger partial charge in [-0.05, 0) is 43.3 Å². The zero-order valence-corrected chi connectivity index (χ0v) is 22.7. The van der Waals surface area contributed by atoms with Crippen LogP contribution in [0.15, 0.2) is 55.0 Å². The van der Waals surface area contributed by atoms with Crippen molar-refractivity contribution in [2.75, 3.05) is 54.6 Å². The van der Waals surface area contributed by atoms with Crippen LogP contribution in [0, 0.1) is 0 Å². The average molecular weight is 537 g/mol. The summed E-state index contributed by atoms with van der Waals surface area (Å²) in [7, 11) is -0.460. The molecule has 0 saturated carbocycles. The number of nitrogens with zero attached hydrogens (tertiary/aromatic N) is 6. The Hall–Kier alpha value is -3.90. The minimum Gasteiger partial charge on any atom is -0.495 e. The highest BCUT2D eigenvalue weighted by atomic mass is 32.2. The molecule has 1 aliphatic heterocycles. The van der Waals surface area contributed by atoms with Crippen molar-refractivity contribution in [2.24, 2.45) is 0 Å². The second kappa shape index (κ2) is 10.5. The summed E-state index contributed by atoms with van der Waals surface area (Å²) in [6.07, 6.45) is 6.32. The van der Waals surface area contributed by atoms with E-state index in [9.17, 15) is 8.42 Å². The first kappa shape index (κ1) is 25.7. The Morgan fingerprint density at radius 1 is 1.18 bits per heavy atom. The molecular weight excluding hydrogens is 504 g/mol. The number of methoxy groups -OCH3 is 1. The summed E-state index contributed by atoms with van der Waals surface area (Å²) in [6, 6.07) is 12.5. The van der Waals surface area contributed by atoms with E-state index in [0.717, 1.165) is 37.0 Å². The van der Waals surface area contributed by atoms with Gasteiger partial charge in [0.05, 0.1) is 26.1 Å². The molecule has 11 nitrogen and oxygen atoms in total. The van der Waals surface area contributed by atoms with Gasteiger partial charge in [0.15, 0.2) is 0 Å². The topological polar surface area (TPSA) is 118 Å². The van der Waals surface area contributed by atoms with E-state index in [1.165, 1.54) is 23.2 Å². The van der Waals surface area contributed by atoms with Crippen molar-refractivity contribution in [1.29, 1.82) is 0 Å². The lowest BCUT2D eigenvalue weighted by Gasteiger charge is -2.33. The summed E-state index contributed by atoms with van der Waals surface area (Å²) in [6.45, 7) is 5.48. The van der Waals surface area contributed by atoms with Crippen molar-refractivity contribution in [3.63, 3.8) is 0 Å². The molecule has 1 saturated heterocycles. The fraction of sp³-hybridized carbons (Fsp3) is 0.346. The number of pyridine rings is 1.